The summed E-state index contributed by atoms with van der Waals surface area (Å²) in [6, 6.07) is 0. The van der Waals surface area contributed by atoms with Gasteiger partial charge in [0, 0.05) is 27.1 Å². The zero-order valence-corrected chi connectivity index (χ0v) is 9.58. The van der Waals surface area contributed by atoms with Gasteiger partial charge in [-0.3, -0.25) is 9.69 Å². The molecule has 0 aromatic carbocycles. The average molecular weight is 227 g/mol. The van der Waals surface area contributed by atoms with E-state index in [2.05, 4.69) is 10.6 Å². The number of amides is 2. The predicted molar refractivity (Wildman–Crippen MR) is 56.9 cm³/mol. The summed E-state index contributed by atoms with van der Waals surface area (Å²) in [6.07, 6.45) is 0.354. The highest BCUT2D eigenvalue weighted by atomic mass is 16.6. The molecule has 0 radical (unpaired) electrons. The molecule has 6 heteroatoms. The van der Waals surface area contributed by atoms with Gasteiger partial charge in [0.2, 0.25) is 5.91 Å². The maximum absolute atomic E-state index is 11.6. The summed E-state index contributed by atoms with van der Waals surface area (Å²) in [6.45, 7) is 3.40. The Labute approximate surface area is 94.3 Å². The van der Waals surface area contributed by atoms with E-state index in [0.29, 0.717) is 13.1 Å². The fourth-order valence-corrected chi connectivity index (χ4v) is 2.38. The van der Waals surface area contributed by atoms with Crippen molar-refractivity contribution in [3.8, 4) is 0 Å². The Morgan fingerprint density at radius 1 is 1.75 bits per heavy atom. The van der Waals surface area contributed by atoms with Crippen LogP contribution in [0.15, 0.2) is 0 Å². The van der Waals surface area contributed by atoms with Crippen molar-refractivity contribution in [2.24, 2.45) is 0 Å². The largest absolute Gasteiger partial charge is 0.443 e. The SMILES string of the molecule is CC(=O)NCC12CNCCC1OC(=O)N2C. The van der Waals surface area contributed by atoms with Crippen molar-refractivity contribution in [2.75, 3.05) is 26.7 Å². The first-order chi connectivity index (χ1) is 7.56. The number of carbonyl (C=O) groups excluding carboxylic acids is 2. The third-order valence-electron chi connectivity index (χ3n) is 3.44. The lowest BCUT2D eigenvalue weighted by atomic mass is 9.86. The first-order valence-electron chi connectivity index (χ1n) is 5.46. The van der Waals surface area contributed by atoms with Gasteiger partial charge in [0.25, 0.3) is 0 Å². The molecule has 2 rings (SSSR count). The third-order valence-corrected chi connectivity index (χ3v) is 3.44. The van der Waals surface area contributed by atoms with E-state index in [1.807, 2.05) is 0 Å². The van der Waals surface area contributed by atoms with Crippen molar-refractivity contribution in [3.05, 3.63) is 0 Å². The second-order valence-corrected chi connectivity index (χ2v) is 4.41. The minimum Gasteiger partial charge on any atom is -0.443 e. The molecule has 2 amide bonds. The summed E-state index contributed by atoms with van der Waals surface area (Å²) in [7, 11) is 1.72. The van der Waals surface area contributed by atoms with Gasteiger partial charge >= 0.3 is 6.09 Å². The van der Waals surface area contributed by atoms with Crippen LogP contribution < -0.4 is 10.6 Å². The highest BCUT2D eigenvalue weighted by Crippen LogP contribution is 2.32. The van der Waals surface area contributed by atoms with Gasteiger partial charge in [0.15, 0.2) is 0 Å². The van der Waals surface area contributed by atoms with E-state index >= 15 is 0 Å². The van der Waals surface area contributed by atoms with Crippen LogP contribution in [0.5, 0.6) is 0 Å². The third kappa shape index (κ3) is 1.63. The quantitative estimate of drug-likeness (QED) is 0.655. The Kier molecular flexibility index (Phi) is 2.75. The van der Waals surface area contributed by atoms with E-state index < -0.39 is 5.54 Å². The number of nitrogens with one attached hydrogen (secondary N) is 2. The first kappa shape index (κ1) is 11.2. The molecule has 0 aromatic rings. The fraction of sp³-hybridized carbons (Fsp3) is 0.800. The highest BCUT2D eigenvalue weighted by Gasteiger charge is 2.54. The van der Waals surface area contributed by atoms with Crippen molar-refractivity contribution < 1.29 is 14.3 Å². The van der Waals surface area contributed by atoms with Crippen LogP contribution in [0, 0.1) is 0 Å². The second-order valence-electron chi connectivity index (χ2n) is 4.41. The van der Waals surface area contributed by atoms with Gasteiger partial charge in [0.05, 0.1) is 0 Å². The summed E-state index contributed by atoms with van der Waals surface area (Å²) >= 11 is 0. The van der Waals surface area contributed by atoms with Crippen LogP contribution in [0.1, 0.15) is 13.3 Å². The number of likely N-dealkylation sites (N-methyl/N-ethyl adjacent to an activating group) is 1. The number of carbonyl (C=O) groups is 2. The monoisotopic (exact) mass is 227 g/mol. The lowest BCUT2D eigenvalue weighted by Gasteiger charge is -2.40. The molecule has 2 N–H and O–H groups in total. The molecule has 2 saturated heterocycles. The summed E-state index contributed by atoms with van der Waals surface area (Å²) in [5.74, 6) is -0.0913. The summed E-state index contributed by atoms with van der Waals surface area (Å²) in [5.41, 5.74) is -0.430. The number of rotatable bonds is 2. The molecule has 2 fully saturated rings. The van der Waals surface area contributed by atoms with Gasteiger partial charge in [0.1, 0.15) is 11.6 Å². The second kappa shape index (κ2) is 3.93. The zero-order chi connectivity index (χ0) is 11.8. The van der Waals surface area contributed by atoms with Crippen LogP contribution in [0.3, 0.4) is 0 Å². The Bertz CT molecular complexity index is 320. The topological polar surface area (TPSA) is 70.7 Å². The maximum Gasteiger partial charge on any atom is 0.410 e. The van der Waals surface area contributed by atoms with E-state index in [-0.39, 0.29) is 18.1 Å². The van der Waals surface area contributed by atoms with E-state index in [1.165, 1.54) is 6.92 Å². The molecular formula is C10H17N3O3. The molecule has 2 unspecified atom stereocenters. The van der Waals surface area contributed by atoms with Crippen LogP contribution in [-0.4, -0.2) is 55.2 Å². The standard InChI is InChI=1S/C10H17N3O3/c1-7(14)12-6-10-5-11-4-3-8(10)16-9(15)13(10)2/h8,11H,3-6H2,1-2H3,(H,12,14). The van der Waals surface area contributed by atoms with Crippen molar-refractivity contribution in [2.45, 2.75) is 25.0 Å². The van der Waals surface area contributed by atoms with E-state index in [4.69, 9.17) is 4.74 Å². The minimum atomic E-state index is -0.430. The van der Waals surface area contributed by atoms with Gasteiger partial charge < -0.3 is 15.4 Å². The van der Waals surface area contributed by atoms with Gasteiger partial charge in [-0.2, -0.15) is 0 Å². The number of hydrogen-bond acceptors (Lipinski definition) is 4. The lowest BCUT2D eigenvalue weighted by Crippen LogP contribution is -2.64. The van der Waals surface area contributed by atoms with Crippen LogP contribution in [0.25, 0.3) is 0 Å². The molecule has 6 nitrogen and oxygen atoms in total. The first-order valence-corrected chi connectivity index (χ1v) is 5.46. The molecule has 2 aliphatic rings. The molecule has 0 aliphatic carbocycles. The number of nitrogens with zero attached hydrogens (tertiary/aromatic N) is 1. The molecule has 90 valence electrons. The normalized spacial score (nSPS) is 33.2. The molecule has 2 atom stereocenters. The summed E-state index contributed by atoms with van der Waals surface area (Å²) in [5, 5.41) is 6.02. The Balaban J connectivity index is 2.17. The molecule has 0 spiro atoms. The van der Waals surface area contributed by atoms with Gasteiger partial charge in [-0.05, 0) is 13.0 Å². The van der Waals surface area contributed by atoms with Gasteiger partial charge in [-0.1, -0.05) is 0 Å². The Morgan fingerprint density at radius 3 is 3.19 bits per heavy atom. The van der Waals surface area contributed by atoms with Crippen molar-refractivity contribution >= 4 is 12.0 Å². The average Bonchev–Trinajstić information content (AvgIpc) is 2.50. The van der Waals surface area contributed by atoms with Crippen LogP contribution in [0.4, 0.5) is 4.79 Å². The van der Waals surface area contributed by atoms with Crippen LogP contribution in [-0.2, 0) is 9.53 Å². The van der Waals surface area contributed by atoms with Crippen molar-refractivity contribution in [1.29, 1.82) is 0 Å². The van der Waals surface area contributed by atoms with Crippen molar-refractivity contribution in [1.82, 2.24) is 15.5 Å². The van der Waals surface area contributed by atoms with Crippen molar-refractivity contribution in [3.63, 3.8) is 0 Å². The Hall–Kier alpha value is -1.30. The molecule has 2 heterocycles. The van der Waals surface area contributed by atoms with E-state index in [0.717, 1.165) is 13.0 Å². The Morgan fingerprint density at radius 2 is 2.50 bits per heavy atom. The molecule has 16 heavy (non-hydrogen) atoms. The van der Waals surface area contributed by atoms with Gasteiger partial charge in [-0.15, -0.1) is 0 Å². The summed E-state index contributed by atoms with van der Waals surface area (Å²) in [4.78, 5) is 24.1. The lowest BCUT2D eigenvalue weighted by molar-refractivity contribution is -0.119. The fourth-order valence-electron chi connectivity index (χ4n) is 2.38. The highest BCUT2D eigenvalue weighted by molar-refractivity contribution is 5.74. The van der Waals surface area contributed by atoms with E-state index in [9.17, 15) is 9.59 Å². The molecule has 0 aromatic heterocycles. The van der Waals surface area contributed by atoms with Gasteiger partial charge in [-0.25, -0.2) is 4.79 Å². The minimum absolute atomic E-state index is 0.0913. The summed E-state index contributed by atoms with van der Waals surface area (Å²) < 4.78 is 5.31. The maximum atomic E-state index is 11.6. The number of piperidine rings is 1. The number of fused-ring (bicyclic) bond motifs is 1. The molecule has 0 bridgehead atoms. The van der Waals surface area contributed by atoms with Crippen LogP contribution in [0.2, 0.25) is 0 Å². The predicted octanol–water partition coefficient (Wildman–Crippen LogP) is -0.695. The molecular weight excluding hydrogens is 210 g/mol. The number of hydrogen-bond donors (Lipinski definition) is 2. The number of ether oxygens (including phenoxy) is 1. The molecule has 0 saturated carbocycles. The van der Waals surface area contributed by atoms with E-state index in [1.54, 1.807) is 11.9 Å². The molecule has 2 aliphatic heterocycles. The smallest absolute Gasteiger partial charge is 0.410 e. The van der Waals surface area contributed by atoms with Crippen LogP contribution >= 0.6 is 0 Å². The zero-order valence-electron chi connectivity index (χ0n) is 9.58.